The lowest BCUT2D eigenvalue weighted by Crippen LogP contribution is -2.20. The molecule has 0 radical (unpaired) electrons. The normalized spacial score (nSPS) is 11.3. The summed E-state index contributed by atoms with van der Waals surface area (Å²) in [6.07, 6.45) is 1.63. The predicted octanol–water partition coefficient (Wildman–Crippen LogP) is 5.94. The van der Waals surface area contributed by atoms with Crippen LogP contribution in [0.5, 0.6) is 0 Å². The van der Waals surface area contributed by atoms with E-state index in [1.165, 1.54) is 11.8 Å². The summed E-state index contributed by atoms with van der Waals surface area (Å²) in [5.41, 5.74) is 9.12. The van der Waals surface area contributed by atoms with Gasteiger partial charge in [-0.25, -0.2) is 10.1 Å². The molecule has 3 aromatic carbocycles. The minimum absolute atomic E-state index is 0.114. The molecular formula is C29H26ClN7OS. The summed E-state index contributed by atoms with van der Waals surface area (Å²) >= 11 is 7.37. The van der Waals surface area contributed by atoms with Crippen LogP contribution in [0.3, 0.4) is 0 Å². The number of nitrogens with one attached hydrogen (secondary N) is 1. The van der Waals surface area contributed by atoms with Gasteiger partial charge in [-0.1, -0.05) is 59.3 Å². The van der Waals surface area contributed by atoms with Crippen molar-refractivity contribution >= 4 is 35.5 Å². The summed E-state index contributed by atoms with van der Waals surface area (Å²) in [6, 6.07) is 25.4. The number of rotatable bonds is 8. The number of carbonyl (C=O) groups excluding carboxylic acids is 1. The number of nitrogens with zero attached hydrogens (tertiary/aromatic N) is 6. The maximum absolute atomic E-state index is 12.7. The summed E-state index contributed by atoms with van der Waals surface area (Å²) in [6.45, 7) is 5.93. The van der Waals surface area contributed by atoms with E-state index in [0.29, 0.717) is 16.0 Å². The molecule has 0 atom stereocenters. The van der Waals surface area contributed by atoms with E-state index in [-0.39, 0.29) is 11.7 Å². The molecule has 0 fully saturated rings. The number of aryl methyl sites for hydroxylation is 2. The van der Waals surface area contributed by atoms with Crippen molar-refractivity contribution in [3.05, 3.63) is 106 Å². The Bertz CT molecular complexity index is 1630. The topological polar surface area (TPSA) is 90.0 Å². The number of aromatic nitrogens is 5. The van der Waals surface area contributed by atoms with Gasteiger partial charge in [0.25, 0.3) is 5.91 Å². The van der Waals surface area contributed by atoms with E-state index in [9.17, 15) is 4.79 Å². The second kappa shape index (κ2) is 11.7. The number of thioether (sulfide) groups is 1. The highest BCUT2D eigenvalue weighted by Gasteiger charge is 2.17. The average Bonchev–Trinajstić information content (AvgIpc) is 3.49. The van der Waals surface area contributed by atoms with Gasteiger partial charge in [-0.05, 0) is 69.3 Å². The van der Waals surface area contributed by atoms with E-state index in [1.54, 1.807) is 6.21 Å². The van der Waals surface area contributed by atoms with Gasteiger partial charge in [0, 0.05) is 21.8 Å². The third-order valence-corrected chi connectivity index (χ3v) is 7.27. The Kier molecular flexibility index (Phi) is 7.90. The number of carbonyl (C=O) groups is 1. The zero-order valence-electron chi connectivity index (χ0n) is 21.7. The zero-order chi connectivity index (χ0) is 27.4. The fourth-order valence-electron chi connectivity index (χ4n) is 4.07. The molecule has 0 saturated heterocycles. The van der Waals surface area contributed by atoms with Gasteiger partial charge in [0.15, 0.2) is 11.0 Å². The molecule has 1 amide bonds. The van der Waals surface area contributed by atoms with E-state index in [2.05, 4.69) is 25.8 Å². The van der Waals surface area contributed by atoms with Crippen molar-refractivity contribution in [2.45, 2.75) is 25.9 Å². The van der Waals surface area contributed by atoms with Crippen molar-refractivity contribution in [1.82, 2.24) is 30.0 Å². The summed E-state index contributed by atoms with van der Waals surface area (Å²) < 4.78 is 3.80. The van der Waals surface area contributed by atoms with Crippen LogP contribution < -0.4 is 5.43 Å². The third-order valence-electron chi connectivity index (χ3n) is 6.09. The minimum Gasteiger partial charge on any atom is -0.272 e. The van der Waals surface area contributed by atoms with Gasteiger partial charge in [0.05, 0.1) is 29.0 Å². The number of hydrazone groups is 1. The van der Waals surface area contributed by atoms with Crippen molar-refractivity contribution in [1.29, 1.82) is 0 Å². The fourth-order valence-corrected chi connectivity index (χ4v) is 4.94. The maximum Gasteiger partial charge on any atom is 0.250 e. The zero-order valence-corrected chi connectivity index (χ0v) is 23.2. The van der Waals surface area contributed by atoms with Crippen LogP contribution in [0.2, 0.25) is 5.02 Å². The Labute approximate surface area is 235 Å². The van der Waals surface area contributed by atoms with Crippen molar-refractivity contribution in [3.63, 3.8) is 0 Å². The lowest BCUT2D eigenvalue weighted by Gasteiger charge is -2.10. The Morgan fingerprint density at radius 3 is 2.38 bits per heavy atom. The molecule has 5 aromatic rings. The first-order valence-electron chi connectivity index (χ1n) is 12.3. The monoisotopic (exact) mass is 555 g/mol. The first-order chi connectivity index (χ1) is 18.9. The van der Waals surface area contributed by atoms with E-state index in [1.807, 2.05) is 109 Å². The minimum atomic E-state index is -0.256. The molecule has 0 bridgehead atoms. The standard InChI is InChI=1S/C29H26ClN7OS/c1-19-9-15-24(16-10-19)36-28(22-11-13-23(30)14-12-22)33-34-29(36)39-18-27(38)32-31-17-26-20(2)35-37(21(26)3)25-7-5-4-6-8-25/h4-17H,18H2,1-3H3,(H,32,38). The quantitative estimate of drug-likeness (QED) is 0.145. The van der Waals surface area contributed by atoms with E-state index < -0.39 is 0 Å². The molecule has 0 aliphatic rings. The van der Waals surface area contributed by atoms with Crippen LogP contribution in [0.4, 0.5) is 0 Å². The van der Waals surface area contributed by atoms with Crippen LogP contribution in [0, 0.1) is 20.8 Å². The number of amides is 1. The molecule has 196 valence electrons. The van der Waals surface area contributed by atoms with E-state index in [0.717, 1.165) is 39.5 Å². The van der Waals surface area contributed by atoms with Gasteiger partial charge in [0.2, 0.25) is 0 Å². The molecule has 2 aromatic heterocycles. The van der Waals surface area contributed by atoms with Crippen LogP contribution >= 0.6 is 23.4 Å². The van der Waals surface area contributed by atoms with Gasteiger partial charge in [-0.15, -0.1) is 10.2 Å². The SMILES string of the molecule is Cc1ccc(-n2c(SCC(=O)NN=Cc3c(C)nn(-c4ccccc4)c3C)nnc2-c2ccc(Cl)cc2)cc1. The van der Waals surface area contributed by atoms with E-state index in [4.69, 9.17) is 11.6 Å². The summed E-state index contributed by atoms with van der Waals surface area (Å²) in [4.78, 5) is 12.7. The Balaban J connectivity index is 1.30. The number of para-hydroxylation sites is 1. The Morgan fingerprint density at radius 2 is 1.67 bits per heavy atom. The fraction of sp³-hybridized carbons (Fsp3) is 0.138. The lowest BCUT2D eigenvalue weighted by atomic mass is 10.2. The number of hydrogen-bond donors (Lipinski definition) is 1. The molecule has 39 heavy (non-hydrogen) atoms. The Hall–Kier alpha value is -4.21. The number of benzene rings is 3. The van der Waals surface area contributed by atoms with Crippen molar-refractivity contribution in [2.75, 3.05) is 5.75 Å². The molecule has 2 heterocycles. The molecular weight excluding hydrogens is 530 g/mol. The second-order valence-corrected chi connectivity index (χ2v) is 10.3. The van der Waals surface area contributed by atoms with Crippen LogP contribution in [-0.2, 0) is 4.79 Å². The van der Waals surface area contributed by atoms with E-state index >= 15 is 0 Å². The van der Waals surface area contributed by atoms with Gasteiger partial charge in [-0.3, -0.25) is 9.36 Å². The lowest BCUT2D eigenvalue weighted by molar-refractivity contribution is -0.118. The highest BCUT2D eigenvalue weighted by molar-refractivity contribution is 7.99. The molecule has 0 aliphatic heterocycles. The predicted molar refractivity (Wildman–Crippen MR) is 156 cm³/mol. The highest BCUT2D eigenvalue weighted by Crippen LogP contribution is 2.29. The van der Waals surface area contributed by atoms with Gasteiger partial charge < -0.3 is 0 Å². The molecule has 10 heteroatoms. The molecule has 0 spiro atoms. The van der Waals surface area contributed by atoms with Crippen molar-refractivity contribution < 1.29 is 4.79 Å². The first-order valence-corrected chi connectivity index (χ1v) is 13.6. The van der Waals surface area contributed by atoms with Crippen molar-refractivity contribution in [2.24, 2.45) is 5.10 Å². The van der Waals surface area contributed by atoms with Crippen LogP contribution in [0.25, 0.3) is 22.8 Å². The van der Waals surface area contributed by atoms with Gasteiger partial charge in [0.1, 0.15) is 0 Å². The first kappa shape index (κ1) is 26.4. The third kappa shape index (κ3) is 5.94. The summed E-state index contributed by atoms with van der Waals surface area (Å²) in [5.74, 6) is 0.523. The summed E-state index contributed by atoms with van der Waals surface area (Å²) in [5, 5.41) is 18.8. The Morgan fingerprint density at radius 1 is 0.949 bits per heavy atom. The molecule has 5 rings (SSSR count). The van der Waals surface area contributed by atoms with Gasteiger partial charge in [-0.2, -0.15) is 10.2 Å². The molecule has 0 saturated carbocycles. The van der Waals surface area contributed by atoms with Gasteiger partial charge >= 0.3 is 0 Å². The van der Waals surface area contributed by atoms with Crippen LogP contribution in [-0.4, -0.2) is 42.4 Å². The van der Waals surface area contributed by atoms with Crippen LogP contribution in [0.1, 0.15) is 22.5 Å². The van der Waals surface area contributed by atoms with Crippen molar-refractivity contribution in [3.8, 4) is 22.8 Å². The molecule has 0 unspecified atom stereocenters. The molecule has 1 N–H and O–H groups in total. The number of halogens is 1. The number of hydrogen-bond acceptors (Lipinski definition) is 6. The largest absolute Gasteiger partial charge is 0.272 e. The smallest absolute Gasteiger partial charge is 0.250 e. The second-order valence-electron chi connectivity index (χ2n) is 8.90. The molecule has 8 nitrogen and oxygen atoms in total. The average molecular weight is 556 g/mol. The summed E-state index contributed by atoms with van der Waals surface area (Å²) in [7, 11) is 0. The van der Waals surface area contributed by atoms with Crippen LogP contribution in [0.15, 0.2) is 89.1 Å². The highest BCUT2D eigenvalue weighted by atomic mass is 35.5. The maximum atomic E-state index is 12.7. The molecule has 0 aliphatic carbocycles.